The van der Waals surface area contributed by atoms with Crippen molar-refractivity contribution in [1.29, 1.82) is 0 Å². The van der Waals surface area contributed by atoms with E-state index < -0.39 is 5.60 Å². The van der Waals surface area contributed by atoms with Gasteiger partial charge in [-0.2, -0.15) is 5.10 Å². The lowest BCUT2D eigenvalue weighted by molar-refractivity contribution is -0.107. The summed E-state index contributed by atoms with van der Waals surface area (Å²) < 4.78 is 17.3. The minimum atomic E-state index is -0.488. The first kappa shape index (κ1) is 23.6. The van der Waals surface area contributed by atoms with Gasteiger partial charge in [0.1, 0.15) is 11.9 Å². The van der Waals surface area contributed by atoms with E-state index in [1.807, 2.05) is 38.6 Å². The minimum Gasteiger partial charge on any atom is -0.444 e. The number of likely N-dealkylation sites (tertiary alicyclic amines) is 1. The van der Waals surface area contributed by atoms with Crippen LogP contribution in [-0.4, -0.2) is 50.3 Å². The predicted octanol–water partition coefficient (Wildman–Crippen LogP) is 5.30. The number of hydrogen-bond donors (Lipinski definition) is 1. The lowest BCUT2D eigenvalue weighted by Gasteiger charge is -2.33. The van der Waals surface area contributed by atoms with E-state index in [1.165, 1.54) is 5.56 Å². The van der Waals surface area contributed by atoms with Gasteiger partial charge in [0.15, 0.2) is 0 Å². The van der Waals surface area contributed by atoms with E-state index in [9.17, 15) is 14.1 Å². The number of fused-ring (bicyclic) bond motifs is 1. The fraction of sp³-hybridized carbons (Fsp3) is 0.609. The molecule has 1 unspecified atom stereocenters. The maximum atomic E-state index is 12.4. The number of benzene rings is 1. The third-order valence-electron chi connectivity index (χ3n) is 5.73. The Morgan fingerprint density at radius 2 is 2.06 bits per heavy atom. The van der Waals surface area contributed by atoms with Gasteiger partial charge in [-0.3, -0.25) is 4.68 Å². The van der Waals surface area contributed by atoms with Crippen molar-refractivity contribution in [2.24, 2.45) is 7.05 Å². The zero-order valence-electron chi connectivity index (χ0n) is 18.8. The molecule has 0 aliphatic carbocycles. The summed E-state index contributed by atoms with van der Waals surface area (Å²) in [5.41, 5.74) is 2.70. The van der Waals surface area contributed by atoms with Gasteiger partial charge in [-0.1, -0.05) is 18.2 Å². The molecule has 0 radical (unpaired) electrons. The first-order valence-corrected chi connectivity index (χ1v) is 11.8. The van der Waals surface area contributed by atoms with Crippen LogP contribution in [0.15, 0.2) is 18.2 Å². The number of hydrogen-bond acceptors (Lipinski definition) is 6. The zero-order chi connectivity index (χ0) is 22.6. The Hall–Kier alpha value is -2.06. The summed E-state index contributed by atoms with van der Waals surface area (Å²) in [6.45, 7) is 6.99. The SMILES string of the molecule is Cn1nc(C(CCCC=O)SO)c2cccc(C3CCN(C(=O)OC(C)(C)C)CC3)c21. The number of piperidine rings is 1. The topological polar surface area (TPSA) is 84.7 Å². The third-order valence-corrected chi connectivity index (χ3v) is 6.44. The van der Waals surface area contributed by atoms with Crippen molar-refractivity contribution in [3.8, 4) is 0 Å². The normalized spacial score (nSPS) is 16.5. The van der Waals surface area contributed by atoms with Gasteiger partial charge in [0.25, 0.3) is 0 Å². The first-order chi connectivity index (χ1) is 14.7. The van der Waals surface area contributed by atoms with Crippen LogP contribution >= 0.6 is 12.0 Å². The van der Waals surface area contributed by atoms with Crippen molar-refractivity contribution in [1.82, 2.24) is 14.7 Å². The van der Waals surface area contributed by atoms with Crippen LogP contribution in [0.5, 0.6) is 0 Å². The highest BCUT2D eigenvalue weighted by Gasteiger charge is 2.29. The Morgan fingerprint density at radius 3 is 2.68 bits per heavy atom. The van der Waals surface area contributed by atoms with Crippen LogP contribution in [0.25, 0.3) is 10.9 Å². The van der Waals surface area contributed by atoms with Crippen LogP contribution in [0, 0.1) is 0 Å². The molecule has 0 bridgehead atoms. The highest BCUT2D eigenvalue weighted by molar-refractivity contribution is 7.94. The van der Waals surface area contributed by atoms with Gasteiger partial charge in [0.2, 0.25) is 0 Å². The molecular formula is C23H33N3O4S. The van der Waals surface area contributed by atoms with Crippen molar-refractivity contribution in [3.05, 3.63) is 29.5 Å². The van der Waals surface area contributed by atoms with Gasteiger partial charge >= 0.3 is 6.09 Å². The average Bonchev–Trinajstić information content (AvgIpc) is 3.07. The number of aldehydes is 1. The van der Waals surface area contributed by atoms with E-state index >= 15 is 0 Å². The molecule has 31 heavy (non-hydrogen) atoms. The molecule has 1 saturated heterocycles. The smallest absolute Gasteiger partial charge is 0.410 e. The van der Waals surface area contributed by atoms with Gasteiger partial charge in [-0.25, -0.2) is 4.79 Å². The Labute approximate surface area is 188 Å². The molecule has 1 fully saturated rings. The van der Waals surface area contributed by atoms with Crippen molar-refractivity contribution < 1.29 is 18.9 Å². The van der Waals surface area contributed by atoms with Crippen LogP contribution in [0.3, 0.4) is 0 Å². The molecule has 1 atom stereocenters. The number of unbranched alkanes of at least 4 members (excludes halogenated alkanes) is 1. The number of rotatable bonds is 7. The molecule has 170 valence electrons. The molecule has 1 aromatic heterocycles. The molecule has 1 aromatic carbocycles. The van der Waals surface area contributed by atoms with Crippen LogP contribution in [0.2, 0.25) is 0 Å². The second kappa shape index (κ2) is 10.0. The van der Waals surface area contributed by atoms with Gasteiger partial charge in [0, 0.05) is 31.9 Å². The minimum absolute atomic E-state index is 0.159. The lowest BCUT2D eigenvalue weighted by Crippen LogP contribution is -2.41. The van der Waals surface area contributed by atoms with E-state index in [4.69, 9.17) is 9.84 Å². The number of aryl methyl sites for hydroxylation is 1. The predicted molar refractivity (Wildman–Crippen MR) is 123 cm³/mol. The van der Waals surface area contributed by atoms with Gasteiger partial charge < -0.3 is 19.0 Å². The molecule has 1 aliphatic heterocycles. The highest BCUT2D eigenvalue weighted by Crippen LogP contribution is 2.39. The number of ether oxygens (including phenoxy) is 1. The maximum absolute atomic E-state index is 12.4. The van der Waals surface area contributed by atoms with Crippen molar-refractivity contribution >= 4 is 35.3 Å². The summed E-state index contributed by atoms with van der Waals surface area (Å²) in [6, 6.07) is 6.25. The summed E-state index contributed by atoms with van der Waals surface area (Å²) >= 11 is 0.801. The van der Waals surface area contributed by atoms with Gasteiger partial charge in [-0.15, -0.1) is 0 Å². The number of para-hydroxylation sites is 1. The number of carbonyl (C=O) groups excluding carboxylic acids is 2. The van der Waals surface area contributed by atoms with E-state index in [2.05, 4.69) is 12.1 Å². The van der Waals surface area contributed by atoms with Crippen LogP contribution in [-0.2, 0) is 16.6 Å². The second-order valence-corrected chi connectivity index (χ2v) is 9.97. The third kappa shape index (κ3) is 5.60. The van der Waals surface area contributed by atoms with E-state index in [-0.39, 0.29) is 11.3 Å². The number of carbonyl (C=O) groups is 2. The molecule has 0 saturated carbocycles. The molecule has 1 N–H and O–H groups in total. The summed E-state index contributed by atoms with van der Waals surface area (Å²) in [6.07, 6.45) is 4.32. The van der Waals surface area contributed by atoms with E-state index in [0.717, 1.165) is 54.2 Å². The van der Waals surface area contributed by atoms with Crippen LogP contribution in [0.4, 0.5) is 4.79 Å². The number of nitrogens with zero attached hydrogens (tertiary/aromatic N) is 3. The number of aromatic nitrogens is 2. The Morgan fingerprint density at radius 1 is 1.35 bits per heavy atom. The quantitative estimate of drug-likeness (QED) is 0.352. The zero-order valence-corrected chi connectivity index (χ0v) is 19.7. The fourth-order valence-corrected chi connectivity index (χ4v) is 4.83. The molecule has 7 nitrogen and oxygen atoms in total. The fourth-order valence-electron chi connectivity index (χ4n) is 4.29. The van der Waals surface area contributed by atoms with E-state index in [0.29, 0.717) is 31.8 Å². The molecule has 1 amide bonds. The van der Waals surface area contributed by atoms with E-state index in [1.54, 1.807) is 4.90 Å². The van der Waals surface area contributed by atoms with Crippen LogP contribution < -0.4 is 0 Å². The standard InChI is InChI=1S/C23H33N3O4S/c1-23(2,3)30-22(28)26-13-11-16(12-14-26)17-8-7-9-18-20(24-25(4)21(17)18)19(31-29)10-5-6-15-27/h7-9,15-16,19,29H,5-6,10-14H2,1-4H3. The average molecular weight is 448 g/mol. The Kier molecular flexibility index (Phi) is 7.64. The first-order valence-electron chi connectivity index (χ1n) is 10.9. The molecule has 8 heteroatoms. The monoisotopic (exact) mass is 447 g/mol. The van der Waals surface area contributed by atoms with Crippen LogP contribution in [0.1, 0.15) is 75.3 Å². The summed E-state index contributed by atoms with van der Waals surface area (Å²) in [5, 5.41) is 5.63. The van der Waals surface area contributed by atoms with Crippen molar-refractivity contribution in [3.63, 3.8) is 0 Å². The summed E-state index contributed by atoms with van der Waals surface area (Å²) in [7, 11) is 1.94. The molecular weight excluding hydrogens is 414 g/mol. The number of amides is 1. The molecule has 3 rings (SSSR count). The summed E-state index contributed by atoms with van der Waals surface area (Å²) in [5.74, 6) is 0.334. The van der Waals surface area contributed by atoms with Crippen molar-refractivity contribution in [2.75, 3.05) is 13.1 Å². The largest absolute Gasteiger partial charge is 0.444 e. The highest BCUT2D eigenvalue weighted by atomic mass is 32.2. The Balaban J connectivity index is 1.79. The molecule has 2 heterocycles. The summed E-state index contributed by atoms with van der Waals surface area (Å²) in [4.78, 5) is 24.8. The van der Waals surface area contributed by atoms with Gasteiger partial charge in [0.05, 0.1) is 16.5 Å². The molecule has 1 aliphatic rings. The second-order valence-electron chi connectivity index (χ2n) is 9.19. The maximum Gasteiger partial charge on any atom is 0.410 e. The van der Waals surface area contributed by atoms with Gasteiger partial charge in [-0.05, 0) is 70.0 Å². The van der Waals surface area contributed by atoms with Crippen molar-refractivity contribution in [2.45, 2.75) is 69.6 Å². The molecule has 2 aromatic rings. The lowest BCUT2D eigenvalue weighted by atomic mass is 9.88. The molecule has 0 spiro atoms. The Bertz CT molecular complexity index is 913.